The topological polar surface area (TPSA) is 17.1 Å². The minimum atomic E-state index is -4.25. The van der Waals surface area contributed by atoms with Crippen LogP contribution in [0.1, 0.15) is 35.2 Å². The molecule has 0 atom stereocenters. The van der Waals surface area contributed by atoms with Gasteiger partial charge in [-0.15, -0.1) is 0 Å². The molecule has 0 radical (unpaired) electrons. The number of halogens is 4. The van der Waals surface area contributed by atoms with Gasteiger partial charge in [-0.2, -0.15) is 13.2 Å². The highest BCUT2D eigenvalue weighted by molar-refractivity contribution is 5.96. The first-order valence-corrected chi connectivity index (χ1v) is 5.15. The van der Waals surface area contributed by atoms with E-state index in [0.29, 0.717) is 5.56 Å². The molecule has 0 aromatic heterocycles. The van der Waals surface area contributed by atoms with Crippen molar-refractivity contribution in [2.45, 2.75) is 32.4 Å². The molecule has 1 nitrogen and oxygen atoms in total. The second-order valence-corrected chi connectivity index (χ2v) is 3.91. The number of carbonyl (C=O) groups is 1. The van der Waals surface area contributed by atoms with Crippen molar-refractivity contribution in [3.63, 3.8) is 0 Å². The lowest BCUT2D eigenvalue weighted by Gasteiger charge is -2.06. The minimum absolute atomic E-state index is 0.129. The molecule has 0 fully saturated rings. The first-order chi connectivity index (χ1) is 7.78. The van der Waals surface area contributed by atoms with Crippen LogP contribution in [0.3, 0.4) is 0 Å². The number of Topliss-reactive ketones (excluding diaryl/α,β-unsaturated/α-hetero) is 1. The van der Waals surface area contributed by atoms with Crippen molar-refractivity contribution in [2.75, 3.05) is 0 Å². The van der Waals surface area contributed by atoms with Gasteiger partial charge in [0.05, 0.1) is 0 Å². The quantitative estimate of drug-likeness (QED) is 0.580. The highest BCUT2D eigenvalue weighted by atomic mass is 19.4. The fraction of sp³-hybridized carbons (Fsp3) is 0.417. The summed E-state index contributed by atoms with van der Waals surface area (Å²) >= 11 is 0. The molecule has 0 N–H and O–H groups in total. The van der Waals surface area contributed by atoms with Crippen LogP contribution in [-0.2, 0) is 0 Å². The van der Waals surface area contributed by atoms with Crippen molar-refractivity contribution in [2.24, 2.45) is 0 Å². The van der Waals surface area contributed by atoms with Crippen LogP contribution in [0.2, 0.25) is 0 Å². The summed E-state index contributed by atoms with van der Waals surface area (Å²) in [7, 11) is 0. The summed E-state index contributed by atoms with van der Waals surface area (Å²) in [6.45, 7) is 1.62. The monoisotopic (exact) mass is 248 g/mol. The average molecular weight is 248 g/mol. The van der Waals surface area contributed by atoms with E-state index in [1.54, 1.807) is 6.92 Å². The van der Waals surface area contributed by atoms with Gasteiger partial charge >= 0.3 is 6.18 Å². The molecule has 1 rings (SSSR count). The van der Waals surface area contributed by atoms with Gasteiger partial charge in [-0.3, -0.25) is 4.79 Å². The molecule has 0 spiro atoms. The standard InChI is InChI=1S/C12H12F4O/c1-8-5-9(7-10(13)6-8)11(17)3-2-4-12(14,15)16/h5-7H,2-4H2,1H3. The predicted molar refractivity (Wildman–Crippen MR) is 55.4 cm³/mol. The van der Waals surface area contributed by atoms with Crippen molar-refractivity contribution >= 4 is 5.78 Å². The van der Waals surface area contributed by atoms with Crippen LogP contribution >= 0.6 is 0 Å². The van der Waals surface area contributed by atoms with Crippen molar-refractivity contribution < 1.29 is 22.4 Å². The smallest absolute Gasteiger partial charge is 0.294 e. The summed E-state index contributed by atoms with van der Waals surface area (Å²) in [4.78, 5) is 11.5. The van der Waals surface area contributed by atoms with Crippen LogP contribution in [0, 0.1) is 12.7 Å². The van der Waals surface area contributed by atoms with Crippen molar-refractivity contribution in [3.05, 3.63) is 35.1 Å². The molecule has 0 saturated heterocycles. The molecule has 5 heteroatoms. The number of benzene rings is 1. The molecule has 0 aliphatic rings. The number of alkyl halides is 3. The zero-order valence-corrected chi connectivity index (χ0v) is 9.27. The summed E-state index contributed by atoms with van der Waals surface area (Å²) in [5, 5.41) is 0. The number of ketones is 1. The lowest BCUT2D eigenvalue weighted by atomic mass is 10.0. The van der Waals surface area contributed by atoms with Gasteiger partial charge < -0.3 is 0 Å². The second-order valence-electron chi connectivity index (χ2n) is 3.91. The van der Waals surface area contributed by atoms with E-state index in [9.17, 15) is 22.4 Å². The van der Waals surface area contributed by atoms with Crippen LogP contribution in [0.15, 0.2) is 18.2 Å². The highest BCUT2D eigenvalue weighted by Crippen LogP contribution is 2.23. The molecule has 0 aliphatic heterocycles. The Labute approximate surface area is 96.4 Å². The first-order valence-electron chi connectivity index (χ1n) is 5.15. The largest absolute Gasteiger partial charge is 0.389 e. The molecule has 0 saturated carbocycles. The van der Waals surface area contributed by atoms with Crippen LogP contribution in [-0.4, -0.2) is 12.0 Å². The van der Waals surface area contributed by atoms with Gasteiger partial charge in [-0.05, 0) is 37.1 Å². The van der Waals surface area contributed by atoms with Crippen LogP contribution in [0.5, 0.6) is 0 Å². The highest BCUT2D eigenvalue weighted by Gasteiger charge is 2.26. The number of aryl methyl sites for hydroxylation is 1. The van der Waals surface area contributed by atoms with E-state index in [1.165, 1.54) is 12.1 Å². The molecule has 1 aromatic carbocycles. The van der Waals surface area contributed by atoms with Crippen LogP contribution < -0.4 is 0 Å². The molecule has 0 unspecified atom stereocenters. The van der Waals surface area contributed by atoms with E-state index in [-0.39, 0.29) is 18.4 Å². The Morgan fingerprint density at radius 1 is 1.24 bits per heavy atom. The molecule has 0 amide bonds. The van der Waals surface area contributed by atoms with Crippen LogP contribution in [0.4, 0.5) is 17.6 Å². The van der Waals surface area contributed by atoms with Gasteiger partial charge in [0.15, 0.2) is 5.78 Å². The van der Waals surface area contributed by atoms with Crippen LogP contribution in [0.25, 0.3) is 0 Å². The molecule has 94 valence electrons. The fourth-order valence-corrected chi connectivity index (χ4v) is 1.49. The predicted octanol–water partition coefficient (Wildman–Crippen LogP) is 4.05. The Kier molecular flexibility index (Phi) is 4.26. The van der Waals surface area contributed by atoms with Crippen molar-refractivity contribution in [3.8, 4) is 0 Å². The Morgan fingerprint density at radius 3 is 2.41 bits per heavy atom. The summed E-state index contributed by atoms with van der Waals surface area (Å²) in [6, 6.07) is 3.77. The molecule has 0 aliphatic carbocycles. The maximum atomic E-state index is 13.0. The zero-order chi connectivity index (χ0) is 13.1. The third-order valence-electron chi connectivity index (χ3n) is 2.23. The van der Waals surface area contributed by atoms with E-state index in [2.05, 4.69) is 0 Å². The summed E-state index contributed by atoms with van der Waals surface area (Å²) in [6.07, 6.45) is -5.73. The summed E-state index contributed by atoms with van der Waals surface area (Å²) in [5.41, 5.74) is 0.703. The molecule has 1 aromatic rings. The maximum absolute atomic E-state index is 13.0. The third kappa shape index (κ3) is 4.97. The zero-order valence-electron chi connectivity index (χ0n) is 9.27. The number of hydrogen-bond acceptors (Lipinski definition) is 1. The SMILES string of the molecule is Cc1cc(F)cc(C(=O)CCCC(F)(F)F)c1. The number of hydrogen-bond donors (Lipinski definition) is 0. The average Bonchev–Trinajstić information content (AvgIpc) is 2.13. The lowest BCUT2D eigenvalue weighted by Crippen LogP contribution is -2.08. The molecule has 17 heavy (non-hydrogen) atoms. The van der Waals surface area contributed by atoms with E-state index in [1.807, 2.05) is 0 Å². The van der Waals surface area contributed by atoms with Crippen molar-refractivity contribution in [1.82, 2.24) is 0 Å². The van der Waals surface area contributed by atoms with E-state index < -0.39 is 24.2 Å². The summed E-state index contributed by atoms with van der Waals surface area (Å²) in [5.74, 6) is -1.01. The Hall–Kier alpha value is -1.39. The molecule has 0 heterocycles. The normalized spacial score (nSPS) is 11.6. The molecular weight excluding hydrogens is 236 g/mol. The molecule has 0 bridgehead atoms. The third-order valence-corrected chi connectivity index (χ3v) is 2.23. The van der Waals surface area contributed by atoms with Gasteiger partial charge in [0.25, 0.3) is 0 Å². The molecular formula is C12H12F4O. The maximum Gasteiger partial charge on any atom is 0.389 e. The minimum Gasteiger partial charge on any atom is -0.294 e. The van der Waals surface area contributed by atoms with E-state index in [4.69, 9.17) is 0 Å². The second kappa shape index (κ2) is 5.29. The fourth-order valence-electron chi connectivity index (χ4n) is 1.49. The van der Waals surface area contributed by atoms with Gasteiger partial charge in [0.1, 0.15) is 5.82 Å². The van der Waals surface area contributed by atoms with Gasteiger partial charge in [0.2, 0.25) is 0 Å². The lowest BCUT2D eigenvalue weighted by molar-refractivity contribution is -0.135. The van der Waals surface area contributed by atoms with Crippen molar-refractivity contribution in [1.29, 1.82) is 0 Å². The Balaban J connectivity index is 2.58. The number of rotatable bonds is 4. The van der Waals surface area contributed by atoms with E-state index in [0.717, 1.165) is 6.07 Å². The van der Waals surface area contributed by atoms with Gasteiger partial charge in [0, 0.05) is 18.4 Å². The number of carbonyl (C=O) groups excluding carboxylic acids is 1. The van der Waals surface area contributed by atoms with Gasteiger partial charge in [-0.1, -0.05) is 0 Å². The Bertz CT molecular complexity index is 389. The van der Waals surface area contributed by atoms with Gasteiger partial charge in [-0.25, -0.2) is 4.39 Å². The Morgan fingerprint density at radius 2 is 1.88 bits per heavy atom. The summed E-state index contributed by atoms with van der Waals surface area (Å²) < 4.78 is 48.6. The first kappa shape index (κ1) is 13.7. The van der Waals surface area contributed by atoms with E-state index >= 15 is 0 Å².